The van der Waals surface area contributed by atoms with Crippen molar-refractivity contribution in [3.63, 3.8) is 0 Å². The molecule has 1 atom stereocenters. The van der Waals surface area contributed by atoms with Crippen molar-refractivity contribution >= 4 is 5.97 Å². The molecule has 1 heterocycles. The molecule has 1 fully saturated rings. The Balaban J connectivity index is 2.32. The van der Waals surface area contributed by atoms with Crippen molar-refractivity contribution in [1.29, 1.82) is 0 Å². The summed E-state index contributed by atoms with van der Waals surface area (Å²) in [5.41, 5.74) is 0. The quantitative estimate of drug-likeness (QED) is 0.669. The maximum absolute atomic E-state index is 10.5. The van der Waals surface area contributed by atoms with E-state index in [1.807, 2.05) is 6.08 Å². The first-order valence-corrected chi connectivity index (χ1v) is 4.77. The zero-order valence-corrected chi connectivity index (χ0v) is 7.91. The fourth-order valence-electron chi connectivity index (χ4n) is 1.91. The molecule has 1 rings (SSSR count). The van der Waals surface area contributed by atoms with Gasteiger partial charge < -0.3 is 5.11 Å². The normalized spacial score (nSPS) is 24.2. The highest BCUT2D eigenvalue weighted by atomic mass is 16.4. The van der Waals surface area contributed by atoms with Crippen molar-refractivity contribution in [2.75, 3.05) is 19.6 Å². The van der Waals surface area contributed by atoms with Gasteiger partial charge in [0.25, 0.3) is 0 Å². The second kappa shape index (κ2) is 5.02. The van der Waals surface area contributed by atoms with E-state index in [4.69, 9.17) is 5.11 Å². The zero-order valence-electron chi connectivity index (χ0n) is 7.91. The molecule has 1 unspecified atom stereocenters. The summed E-state index contributed by atoms with van der Waals surface area (Å²) in [6.45, 7) is 6.57. The first kappa shape index (κ1) is 10.3. The van der Waals surface area contributed by atoms with Crippen LogP contribution in [0.1, 0.15) is 19.3 Å². The van der Waals surface area contributed by atoms with Crippen LogP contribution in [0.4, 0.5) is 0 Å². The van der Waals surface area contributed by atoms with Gasteiger partial charge in [-0.3, -0.25) is 9.69 Å². The molecule has 0 amide bonds. The van der Waals surface area contributed by atoms with Gasteiger partial charge in [-0.25, -0.2) is 0 Å². The minimum absolute atomic E-state index is 0.313. The highest BCUT2D eigenvalue weighted by Crippen LogP contribution is 2.19. The van der Waals surface area contributed by atoms with Gasteiger partial charge in [-0.1, -0.05) is 6.08 Å². The summed E-state index contributed by atoms with van der Waals surface area (Å²) in [7, 11) is 0. The van der Waals surface area contributed by atoms with E-state index in [9.17, 15) is 4.79 Å². The van der Waals surface area contributed by atoms with Gasteiger partial charge in [-0.15, -0.1) is 6.58 Å². The predicted molar refractivity (Wildman–Crippen MR) is 51.6 cm³/mol. The van der Waals surface area contributed by atoms with E-state index in [-0.39, 0.29) is 0 Å². The molecule has 0 spiro atoms. The molecule has 0 bridgehead atoms. The SMILES string of the molecule is C=CCN1CCCC(CC(=O)O)C1. The van der Waals surface area contributed by atoms with Crippen LogP contribution >= 0.6 is 0 Å². The molecule has 1 aliphatic rings. The number of carboxylic acid groups (broad SMARTS) is 1. The van der Waals surface area contributed by atoms with Gasteiger partial charge in [-0.2, -0.15) is 0 Å². The summed E-state index contributed by atoms with van der Waals surface area (Å²) in [5.74, 6) is -0.336. The molecule has 74 valence electrons. The number of likely N-dealkylation sites (tertiary alicyclic amines) is 1. The maximum Gasteiger partial charge on any atom is 0.303 e. The van der Waals surface area contributed by atoms with Crippen LogP contribution in [-0.2, 0) is 4.79 Å². The molecule has 3 heteroatoms. The van der Waals surface area contributed by atoms with Gasteiger partial charge in [0.05, 0.1) is 0 Å². The van der Waals surface area contributed by atoms with Gasteiger partial charge in [-0.05, 0) is 25.3 Å². The minimum atomic E-state index is -0.676. The van der Waals surface area contributed by atoms with Crippen molar-refractivity contribution in [1.82, 2.24) is 4.90 Å². The molecule has 0 aromatic heterocycles. The molecule has 1 N–H and O–H groups in total. The summed E-state index contributed by atoms with van der Waals surface area (Å²) >= 11 is 0. The second-order valence-corrected chi connectivity index (χ2v) is 3.65. The molecular formula is C10H17NO2. The smallest absolute Gasteiger partial charge is 0.303 e. The van der Waals surface area contributed by atoms with E-state index in [2.05, 4.69) is 11.5 Å². The van der Waals surface area contributed by atoms with E-state index in [1.54, 1.807) is 0 Å². The third-order valence-corrected chi connectivity index (χ3v) is 2.45. The lowest BCUT2D eigenvalue weighted by Gasteiger charge is -2.30. The molecular weight excluding hydrogens is 166 g/mol. The van der Waals surface area contributed by atoms with Crippen molar-refractivity contribution in [2.24, 2.45) is 5.92 Å². The largest absolute Gasteiger partial charge is 0.481 e. The number of aliphatic carboxylic acids is 1. The Morgan fingerprint density at radius 2 is 2.46 bits per heavy atom. The van der Waals surface area contributed by atoms with Crippen molar-refractivity contribution < 1.29 is 9.90 Å². The number of piperidine rings is 1. The van der Waals surface area contributed by atoms with E-state index >= 15 is 0 Å². The number of carboxylic acids is 1. The number of nitrogens with zero attached hydrogens (tertiary/aromatic N) is 1. The lowest BCUT2D eigenvalue weighted by molar-refractivity contribution is -0.138. The Hall–Kier alpha value is -0.830. The topological polar surface area (TPSA) is 40.5 Å². The average molecular weight is 183 g/mol. The number of carbonyl (C=O) groups is 1. The van der Waals surface area contributed by atoms with Crippen LogP contribution in [0.15, 0.2) is 12.7 Å². The first-order chi connectivity index (χ1) is 6.22. The lowest BCUT2D eigenvalue weighted by Crippen LogP contribution is -2.36. The fraction of sp³-hybridized carbons (Fsp3) is 0.700. The Kier molecular flexibility index (Phi) is 3.96. The third-order valence-electron chi connectivity index (χ3n) is 2.45. The monoisotopic (exact) mass is 183 g/mol. The Labute approximate surface area is 79.0 Å². The van der Waals surface area contributed by atoms with E-state index in [0.717, 1.165) is 32.5 Å². The Bertz CT molecular complexity index is 191. The van der Waals surface area contributed by atoms with Gasteiger partial charge in [0.1, 0.15) is 0 Å². The molecule has 3 nitrogen and oxygen atoms in total. The summed E-state index contributed by atoms with van der Waals surface area (Å²) in [4.78, 5) is 12.8. The maximum atomic E-state index is 10.5. The summed E-state index contributed by atoms with van der Waals surface area (Å²) in [6, 6.07) is 0. The van der Waals surface area contributed by atoms with Gasteiger partial charge in [0, 0.05) is 19.5 Å². The van der Waals surface area contributed by atoms with Crippen LogP contribution in [-0.4, -0.2) is 35.6 Å². The second-order valence-electron chi connectivity index (χ2n) is 3.65. The van der Waals surface area contributed by atoms with Crippen molar-refractivity contribution in [2.45, 2.75) is 19.3 Å². The van der Waals surface area contributed by atoms with Crippen LogP contribution in [0, 0.1) is 5.92 Å². The molecule has 0 aliphatic carbocycles. The Morgan fingerprint density at radius 1 is 1.69 bits per heavy atom. The summed E-state index contributed by atoms with van der Waals surface area (Å²) in [5, 5.41) is 8.64. The molecule has 13 heavy (non-hydrogen) atoms. The highest BCUT2D eigenvalue weighted by molar-refractivity contribution is 5.67. The number of hydrogen-bond donors (Lipinski definition) is 1. The van der Waals surface area contributed by atoms with E-state index < -0.39 is 5.97 Å². The Morgan fingerprint density at radius 3 is 3.08 bits per heavy atom. The zero-order chi connectivity index (χ0) is 9.68. The van der Waals surface area contributed by atoms with Gasteiger partial charge in [0.2, 0.25) is 0 Å². The molecule has 1 aliphatic heterocycles. The third kappa shape index (κ3) is 3.59. The van der Waals surface area contributed by atoms with Crippen molar-refractivity contribution in [3.8, 4) is 0 Å². The van der Waals surface area contributed by atoms with Crippen LogP contribution in [0.3, 0.4) is 0 Å². The minimum Gasteiger partial charge on any atom is -0.481 e. The van der Waals surface area contributed by atoms with E-state index in [0.29, 0.717) is 12.3 Å². The number of rotatable bonds is 4. The summed E-state index contributed by atoms with van der Waals surface area (Å²) < 4.78 is 0. The molecule has 0 saturated carbocycles. The van der Waals surface area contributed by atoms with Gasteiger partial charge in [0.15, 0.2) is 0 Å². The first-order valence-electron chi connectivity index (χ1n) is 4.77. The van der Waals surface area contributed by atoms with Crippen LogP contribution < -0.4 is 0 Å². The molecule has 0 aromatic rings. The summed E-state index contributed by atoms with van der Waals surface area (Å²) in [6.07, 6.45) is 4.36. The lowest BCUT2D eigenvalue weighted by atomic mass is 9.95. The van der Waals surface area contributed by atoms with E-state index in [1.165, 1.54) is 0 Å². The molecule has 0 radical (unpaired) electrons. The highest BCUT2D eigenvalue weighted by Gasteiger charge is 2.20. The number of hydrogen-bond acceptors (Lipinski definition) is 2. The van der Waals surface area contributed by atoms with Gasteiger partial charge >= 0.3 is 5.97 Å². The molecule has 0 aromatic carbocycles. The van der Waals surface area contributed by atoms with Crippen LogP contribution in [0.5, 0.6) is 0 Å². The predicted octanol–water partition coefficient (Wildman–Crippen LogP) is 1.36. The average Bonchev–Trinajstić information content (AvgIpc) is 2.04. The van der Waals surface area contributed by atoms with Crippen LogP contribution in [0.25, 0.3) is 0 Å². The standard InChI is InChI=1S/C10H17NO2/c1-2-5-11-6-3-4-9(8-11)7-10(12)13/h2,9H,1,3-8H2,(H,12,13). The molecule has 1 saturated heterocycles. The van der Waals surface area contributed by atoms with Crippen LogP contribution in [0.2, 0.25) is 0 Å². The van der Waals surface area contributed by atoms with Crippen molar-refractivity contribution in [3.05, 3.63) is 12.7 Å². The fourth-order valence-corrected chi connectivity index (χ4v) is 1.91.